The molecule has 0 aromatic rings. The molecule has 2 rings (SSSR count). The summed E-state index contributed by atoms with van der Waals surface area (Å²) < 4.78 is 11.7. The standard InChI is InChI=1S/C15H30N2OS/c1-12(2)15-11-16-8-6-5-7-14(16)10-17(15)9-13(3)19(4)18/h12-15H,5-11H2,1-4H3. The molecule has 0 bridgehead atoms. The molecule has 0 radical (unpaired) electrons. The van der Waals surface area contributed by atoms with Crippen LogP contribution in [0.25, 0.3) is 0 Å². The maximum atomic E-state index is 11.7. The van der Waals surface area contributed by atoms with Gasteiger partial charge in [-0.2, -0.15) is 0 Å². The summed E-state index contributed by atoms with van der Waals surface area (Å²) in [4.78, 5) is 5.33. The van der Waals surface area contributed by atoms with Crippen LogP contribution in [0.2, 0.25) is 0 Å². The molecule has 2 fully saturated rings. The van der Waals surface area contributed by atoms with Gasteiger partial charge in [0.15, 0.2) is 0 Å². The first-order valence-corrected chi connectivity index (χ1v) is 9.41. The Kier molecular flexibility index (Phi) is 5.44. The lowest BCUT2D eigenvalue weighted by molar-refractivity contribution is -0.00665. The third-order valence-corrected chi connectivity index (χ3v) is 6.20. The first kappa shape index (κ1) is 15.5. The Morgan fingerprint density at radius 2 is 1.95 bits per heavy atom. The van der Waals surface area contributed by atoms with Gasteiger partial charge in [-0.15, -0.1) is 0 Å². The molecule has 0 aliphatic carbocycles. The Morgan fingerprint density at radius 1 is 1.21 bits per heavy atom. The predicted molar refractivity (Wildman–Crippen MR) is 82.9 cm³/mol. The zero-order chi connectivity index (χ0) is 14.0. The second-order valence-corrected chi connectivity index (χ2v) is 8.52. The molecule has 0 spiro atoms. The number of rotatable bonds is 4. The van der Waals surface area contributed by atoms with Gasteiger partial charge in [-0.25, -0.2) is 0 Å². The monoisotopic (exact) mass is 286 g/mol. The van der Waals surface area contributed by atoms with Crippen molar-refractivity contribution in [2.75, 3.05) is 32.4 Å². The summed E-state index contributed by atoms with van der Waals surface area (Å²) >= 11 is 0. The third kappa shape index (κ3) is 3.79. The van der Waals surface area contributed by atoms with Crippen molar-refractivity contribution in [3.63, 3.8) is 0 Å². The highest BCUT2D eigenvalue weighted by atomic mass is 32.2. The SMILES string of the molecule is CC(C)C1CN2CCCCC2CN1CC(C)S(C)=O. The summed E-state index contributed by atoms with van der Waals surface area (Å²) in [5.41, 5.74) is 0. The van der Waals surface area contributed by atoms with Gasteiger partial charge in [0.1, 0.15) is 0 Å². The zero-order valence-corrected chi connectivity index (χ0v) is 13.8. The molecule has 0 aromatic carbocycles. The van der Waals surface area contributed by atoms with Crippen molar-refractivity contribution in [1.82, 2.24) is 9.80 Å². The first-order chi connectivity index (χ1) is 8.99. The van der Waals surface area contributed by atoms with Crippen molar-refractivity contribution in [2.24, 2.45) is 5.92 Å². The van der Waals surface area contributed by atoms with Crippen molar-refractivity contribution in [3.05, 3.63) is 0 Å². The van der Waals surface area contributed by atoms with E-state index in [1.807, 2.05) is 6.26 Å². The average Bonchev–Trinajstić information content (AvgIpc) is 2.37. The lowest BCUT2D eigenvalue weighted by Gasteiger charge is -2.50. The van der Waals surface area contributed by atoms with Gasteiger partial charge >= 0.3 is 0 Å². The molecule has 4 unspecified atom stereocenters. The molecule has 0 saturated carbocycles. The van der Waals surface area contributed by atoms with Crippen LogP contribution >= 0.6 is 0 Å². The molecule has 3 nitrogen and oxygen atoms in total. The highest BCUT2D eigenvalue weighted by Crippen LogP contribution is 2.27. The second-order valence-electron chi connectivity index (χ2n) is 6.72. The van der Waals surface area contributed by atoms with E-state index in [2.05, 4.69) is 30.6 Å². The van der Waals surface area contributed by atoms with Crippen LogP contribution in [0.5, 0.6) is 0 Å². The van der Waals surface area contributed by atoms with Gasteiger partial charge in [-0.1, -0.05) is 20.3 Å². The van der Waals surface area contributed by atoms with Gasteiger partial charge in [0.05, 0.1) is 0 Å². The normalized spacial score (nSPS) is 33.1. The Bertz CT molecular complexity index is 321. The van der Waals surface area contributed by atoms with Crippen molar-refractivity contribution < 1.29 is 4.21 Å². The van der Waals surface area contributed by atoms with Gasteiger partial charge in [-0.3, -0.25) is 14.0 Å². The molecule has 4 heteroatoms. The van der Waals surface area contributed by atoms with Crippen LogP contribution in [0.1, 0.15) is 40.0 Å². The number of piperazine rings is 1. The molecule has 0 amide bonds. The van der Waals surface area contributed by atoms with Gasteiger partial charge in [0.25, 0.3) is 0 Å². The summed E-state index contributed by atoms with van der Waals surface area (Å²) in [5.74, 6) is 0.681. The summed E-state index contributed by atoms with van der Waals surface area (Å²) in [6.45, 7) is 11.5. The Morgan fingerprint density at radius 3 is 2.58 bits per heavy atom. The van der Waals surface area contributed by atoms with E-state index in [0.717, 1.165) is 12.6 Å². The molecule has 2 aliphatic rings. The lowest BCUT2D eigenvalue weighted by Crippen LogP contribution is -2.62. The van der Waals surface area contributed by atoms with E-state index in [9.17, 15) is 4.21 Å². The van der Waals surface area contributed by atoms with Crippen molar-refractivity contribution >= 4 is 10.8 Å². The van der Waals surface area contributed by atoms with E-state index in [0.29, 0.717) is 12.0 Å². The van der Waals surface area contributed by atoms with Crippen LogP contribution in [0.4, 0.5) is 0 Å². The lowest BCUT2D eigenvalue weighted by atomic mass is 9.92. The van der Waals surface area contributed by atoms with Gasteiger partial charge < -0.3 is 0 Å². The third-order valence-electron chi connectivity index (χ3n) is 4.91. The number of nitrogens with zero attached hydrogens (tertiary/aromatic N) is 2. The fourth-order valence-corrected chi connectivity index (χ4v) is 3.95. The number of hydrogen-bond donors (Lipinski definition) is 0. The summed E-state index contributed by atoms with van der Waals surface area (Å²) in [5, 5.41) is 0.288. The van der Waals surface area contributed by atoms with Crippen molar-refractivity contribution in [2.45, 2.75) is 57.4 Å². The molecular formula is C15H30N2OS. The van der Waals surface area contributed by atoms with Crippen LogP contribution < -0.4 is 0 Å². The first-order valence-electron chi connectivity index (χ1n) is 7.79. The molecule has 4 atom stereocenters. The minimum Gasteiger partial charge on any atom is -0.298 e. The topological polar surface area (TPSA) is 23.6 Å². The van der Waals surface area contributed by atoms with E-state index in [4.69, 9.17) is 0 Å². The molecule has 0 N–H and O–H groups in total. The minimum absolute atomic E-state index is 0.288. The van der Waals surface area contributed by atoms with Gasteiger partial charge in [0, 0.05) is 54.0 Å². The van der Waals surface area contributed by atoms with Crippen molar-refractivity contribution in [1.29, 1.82) is 0 Å². The van der Waals surface area contributed by atoms with E-state index in [-0.39, 0.29) is 5.25 Å². The maximum absolute atomic E-state index is 11.7. The highest BCUT2D eigenvalue weighted by molar-refractivity contribution is 7.84. The van der Waals surface area contributed by atoms with E-state index < -0.39 is 10.8 Å². The van der Waals surface area contributed by atoms with Crippen LogP contribution in [-0.4, -0.2) is 63.8 Å². The largest absolute Gasteiger partial charge is 0.298 e. The number of fused-ring (bicyclic) bond motifs is 1. The predicted octanol–water partition coefficient (Wildman–Crippen LogP) is 1.95. The molecule has 112 valence electrons. The molecular weight excluding hydrogens is 256 g/mol. The Balaban J connectivity index is 2.03. The summed E-state index contributed by atoms with van der Waals surface area (Å²) in [6, 6.07) is 1.39. The Hall–Kier alpha value is 0.0700. The van der Waals surface area contributed by atoms with Crippen molar-refractivity contribution in [3.8, 4) is 0 Å². The molecule has 2 aliphatic heterocycles. The zero-order valence-electron chi connectivity index (χ0n) is 13.0. The van der Waals surface area contributed by atoms with E-state index in [1.165, 1.54) is 38.9 Å². The quantitative estimate of drug-likeness (QED) is 0.789. The minimum atomic E-state index is -0.705. The molecule has 19 heavy (non-hydrogen) atoms. The van der Waals surface area contributed by atoms with Gasteiger partial charge in [0.2, 0.25) is 0 Å². The van der Waals surface area contributed by atoms with Crippen LogP contribution in [0, 0.1) is 5.92 Å². The van der Waals surface area contributed by atoms with Crippen LogP contribution in [-0.2, 0) is 10.8 Å². The molecule has 0 aromatic heterocycles. The fraction of sp³-hybridized carbons (Fsp3) is 1.00. The van der Waals surface area contributed by atoms with Crippen LogP contribution in [0.3, 0.4) is 0 Å². The summed E-state index contributed by atoms with van der Waals surface area (Å²) in [6.07, 6.45) is 5.95. The second kappa shape index (κ2) is 6.68. The van der Waals surface area contributed by atoms with Gasteiger partial charge in [-0.05, 0) is 32.2 Å². The maximum Gasteiger partial charge on any atom is 0.0444 e. The summed E-state index contributed by atoms with van der Waals surface area (Å²) in [7, 11) is -0.705. The smallest absolute Gasteiger partial charge is 0.0444 e. The van der Waals surface area contributed by atoms with E-state index in [1.54, 1.807) is 0 Å². The number of piperidine rings is 1. The highest BCUT2D eigenvalue weighted by Gasteiger charge is 2.36. The molecule has 2 saturated heterocycles. The Labute approximate surface area is 121 Å². The average molecular weight is 286 g/mol. The molecule has 2 heterocycles. The number of hydrogen-bond acceptors (Lipinski definition) is 3. The van der Waals surface area contributed by atoms with E-state index >= 15 is 0 Å². The van der Waals surface area contributed by atoms with Crippen LogP contribution in [0.15, 0.2) is 0 Å². The fourth-order valence-electron chi connectivity index (χ4n) is 3.55.